The Bertz CT molecular complexity index is 322. The van der Waals surface area contributed by atoms with E-state index in [-0.39, 0.29) is 18.4 Å². The highest BCUT2D eigenvalue weighted by Gasteiger charge is 2.10. The summed E-state index contributed by atoms with van der Waals surface area (Å²) in [5.74, 6) is 0.770. The molecular formula is C9H16N4O2. The summed E-state index contributed by atoms with van der Waals surface area (Å²) in [4.78, 5) is 15.4. The smallest absolute Gasteiger partial charge is 0.228 e. The molecule has 1 aromatic rings. The average molecular weight is 212 g/mol. The van der Waals surface area contributed by atoms with E-state index in [0.29, 0.717) is 24.7 Å². The van der Waals surface area contributed by atoms with Crippen LogP contribution in [0.25, 0.3) is 0 Å². The minimum Gasteiger partial charge on any atom is -0.354 e. The summed E-state index contributed by atoms with van der Waals surface area (Å²) in [5, 5.41) is 6.43. The number of carbonyl (C=O) groups excluding carboxylic acids is 1. The van der Waals surface area contributed by atoms with Gasteiger partial charge in [0, 0.05) is 19.0 Å². The van der Waals surface area contributed by atoms with Gasteiger partial charge in [-0.3, -0.25) is 4.79 Å². The molecule has 0 bridgehead atoms. The van der Waals surface area contributed by atoms with Crippen molar-refractivity contribution < 1.29 is 9.32 Å². The second kappa shape index (κ2) is 5.45. The molecule has 84 valence electrons. The normalized spacial score (nSPS) is 10.7. The summed E-state index contributed by atoms with van der Waals surface area (Å²) in [7, 11) is 0. The zero-order valence-corrected chi connectivity index (χ0v) is 8.99. The summed E-state index contributed by atoms with van der Waals surface area (Å²) >= 11 is 0. The van der Waals surface area contributed by atoms with E-state index in [4.69, 9.17) is 10.3 Å². The number of amides is 1. The summed E-state index contributed by atoms with van der Waals surface area (Å²) in [6, 6.07) is 0.118. The predicted octanol–water partition coefficient (Wildman–Crippen LogP) is -0.362. The van der Waals surface area contributed by atoms with Crippen LogP contribution in [0.2, 0.25) is 0 Å². The first kappa shape index (κ1) is 11.6. The fourth-order valence-corrected chi connectivity index (χ4v) is 1.10. The van der Waals surface area contributed by atoms with Crippen molar-refractivity contribution >= 4 is 5.91 Å². The first-order valence-corrected chi connectivity index (χ1v) is 4.92. The van der Waals surface area contributed by atoms with Crippen molar-refractivity contribution in [3.63, 3.8) is 0 Å². The van der Waals surface area contributed by atoms with E-state index in [1.54, 1.807) is 0 Å². The zero-order valence-electron chi connectivity index (χ0n) is 8.99. The standard InChI is InChI=1S/C9H16N4O2/c1-6(2)11-8(14)5-7-12-9(3-4-10)15-13-7/h6H,3-5,10H2,1-2H3,(H,11,14). The fraction of sp³-hybridized carbons (Fsp3) is 0.667. The number of nitrogens with zero attached hydrogens (tertiary/aromatic N) is 2. The Morgan fingerprint density at radius 3 is 2.93 bits per heavy atom. The van der Waals surface area contributed by atoms with Crippen molar-refractivity contribution in [2.75, 3.05) is 6.54 Å². The monoisotopic (exact) mass is 212 g/mol. The highest BCUT2D eigenvalue weighted by atomic mass is 16.5. The highest BCUT2D eigenvalue weighted by Crippen LogP contribution is 1.98. The van der Waals surface area contributed by atoms with Gasteiger partial charge in [-0.25, -0.2) is 0 Å². The Morgan fingerprint density at radius 2 is 2.33 bits per heavy atom. The van der Waals surface area contributed by atoms with Crippen molar-refractivity contribution in [1.29, 1.82) is 0 Å². The molecule has 0 aliphatic carbocycles. The Labute approximate surface area is 88.2 Å². The minimum absolute atomic E-state index is 0.106. The second-order valence-corrected chi connectivity index (χ2v) is 3.54. The van der Waals surface area contributed by atoms with Crippen LogP contribution in [0.4, 0.5) is 0 Å². The SMILES string of the molecule is CC(C)NC(=O)Cc1noc(CCN)n1. The predicted molar refractivity (Wildman–Crippen MR) is 54.0 cm³/mol. The molecule has 0 spiro atoms. The van der Waals surface area contributed by atoms with Gasteiger partial charge in [0.25, 0.3) is 0 Å². The van der Waals surface area contributed by atoms with E-state index in [0.717, 1.165) is 0 Å². The number of hydrogen-bond acceptors (Lipinski definition) is 5. The summed E-state index contributed by atoms with van der Waals surface area (Å²) in [6.07, 6.45) is 0.686. The maximum Gasteiger partial charge on any atom is 0.228 e. The molecule has 0 saturated carbocycles. The molecule has 0 atom stereocenters. The van der Waals surface area contributed by atoms with Gasteiger partial charge in [-0.1, -0.05) is 5.16 Å². The van der Waals surface area contributed by atoms with Gasteiger partial charge < -0.3 is 15.6 Å². The molecule has 0 unspecified atom stereocenters. The maximum absolute atomic E-state index is 11.3. The topological polar surface area (TPSA) is 94.0 Å². The lowest BCUT2D eigenvalue weighted by molar-refractivity contribution is -0.121. The van der Waals surface area contributed by atoms with Gasteiger partial charge in [0.2, 0.25) is 11.8 Å². The number of nitrogens with one attached hydrogen (secondary N) is 1. The molecule has 0 radical (unpaired) electrons. The molecule has 1 rings (SSSR count). The molecule has 0 aliphatic heterocycles. The molecule has 1 aromatic heterocycles. The lowest BCUT2D eigenvalue weighted by Gasteiger charge is -2.05. The van der Waals surface area contributed by atoms with Gasteiger partial charge in [0.1, 0.15) is 0 Å². The number of aromatic nitrogens is 2. The molecule has 0 aromatic carbocycles. The van der Waals surface area contributed by atoms with Crippen molar-refractivity contribution in [2.45, 2.75) is 32.7 Å². The molecule has 1 heterocycles. The van der Waals surface area contributed by atoms with Crippen molar-refractivity contribution in [3.05, 3.63) is 11.7 Å². The lowest BCUT2D eigenvalue weighted by Crippen LogP contribution is -2.31. The van der Waals surface area contributed by atoms with Crippen molar-refractivity contribution in [1.82, 2.24) is 15.5 Å². The zero-order chi connectivity index (χ0) is 11.3. The number of carbonyl (C=O) groups is 1. The van der Waals surface area contributed by atoms with Gasteiger partial charge in [-0.15, -0.1) is 0 Å². The fourth-order valence-electron chi connectivity index (χ4n) is 1.10. The third kappa shape index (κ3) is 4.07. The number of hydrogen-bond donors (Lipinski definition) is 2. The Hall–Kier alpha value is -1.43. The third-order valence-electron chi connectivity index (χ3n) is 1.64. The first-order chi connectivity index (χ1) is 7.11. The summed E-state index contributed by atoms with van der Waals surface area (Å²) in [6.45, 7) is 4.25. The van der Waals surface area contributed by atoms with Gasteiger partial charge in [-0.05, 0) is 13.8 Å². The van der Waals surface area contributed by atoms with Crippen LogP contribution < -0.4 is 11.1 Å². The van der Waals surface area contributed by atoms with E-state index < -0.39 is 0 Å². The molecule has 3 N–H and O–H groups in total. The molecule has 0 aliphatic rings. The van der Waals surface area contributed by atoms with E-state index in [9.17, 15) is 4.79 Å². The van der Waals surface area contributed by atoms with Gasteiger partial charge in [0.15, 0.2) is 5.82 Å². The summed E-state index contributed by atoms with van der Waals surface area (Å²) in [5.41, 5.74) is 5.33. The van der Waals surface area contributed by atoms with Crippen molar-refractivity contribution in [3.8, 4) is 0 Å². The lowest BCUT2D eigenvalue weighted by atomic mass is 10.3. The molecule has 15 heavy (non-hydrogen) atoms. The van der Waals surface area contributed by atoms with Crippen LogP contribution in [0.5, 0.6) is 0 Å². The quantitative estimate of drug-likeness (QED) is 0.695. The molecule has 6 nitrogen and oxygen atoms in total. The van der Waals surface area contributed by atoms with E-state index in [1.165, 1.54) is 0 Å². The van der Waals surface area contributed by atoms with Gasteiger partial charge >= 0.3 is 0 Å². The summed E-state index contributed by atoms with van der Waals surface area (Å²) < 4.78 is 4.89. The average Bonchev–Trinajstić information content (AvgIpc) is 2.51. The minimum atomic E-state index is -0.106. The molecule has 1 amide bonds. The molecular weight excluding hydrogens is 196 g/mol. The largest absolute Gasteiger partial charge is 0.354 e. The van der Waals surface area contributed by atoms with Gasteiger partial charge in [0.05, 0.1) is 6.42 Å². The Kier molecular flexibility index (Phi) is 4.23. The molecule has 0 fully saturated rings. The van der Waals surface area contributed by atoms with Crippen LogP contribution in [0.1, 0.15) is 25.6 Å². The number of nitrogens with two attached hydrogens (primary N) is 1. The van der Waals surface area contributed by atoms with Crippen LogP contribution >= 0.6 is 0 Å². The molecule has 6 heteroatoms. The van der Waals surface area contributed by atoms with E-state index in [1.807, 2.05) is 13.8 Å². The van der Waals surface area contributed by atoms with Crippen LogP contribution in [0.3, 0.4) is 0 Å². The van der Waals surface area contributed by atoms with Crippen LogP contribution in [0.15, 0.2) is 4.52 Å². The van der Waals surface area contributed by atoms with Crippen LogP contribution in [-0.4, -0.2) is 28.6 Å². The third-order valence-corrected chi connectivity index (χ3v) is 1.64. The highest BCUT2D eigenvalue weighted by molar-refractivity contribution is 5.77. The van der Waals surface area contributed by atoms with Crippen molar-refractivity contribution in [2.24, 2.45) is 5.73 Å². The maximum atomic E-state index is 11.3. The van der Waals surface area contributed by atoms with E-state index in [2.05, 4.69) is 15.5 Å². The number of rotatable bonds is 5. The Balaban J connectivity index is 2.46. The van der Waals surface area contributed by atoms with Crippen LogP contribution in [-0.2, 0) is 17.6 Å². The van der Waals surface area contributed by atoms with E-state index >= 15 is 0 Å². The van der Waals surface area contributed by atoms with Crippen LogP contribution in [0, 0.1) is 0 Å². The second-order valence-electron chi connectivity index (χ2n) is 3.54. The Morgan fingerprint density at radius 1 is 1.60 bits per heavy atom. The van der Waals surface area contributed by atoms with Gasteiger partial charge in [-0.2, -0.15) is 4.98 Å². The first-order valence-electron chi connectivity index (χ1n) is 4.92. The molecule has 0 saturated heterocycles.